The van der Waals surface area contributed by atoms with E-state index in [1.807, 2.05) is 32.0 Å². The Labute approximate surface area is 219 Å². The molecule has 0 saturated carbocycles. The SMILES string of the molecule is COCC(C)(C)C(=O)n1nc(-c2cccn(CCN3CCOCC3)c2=O)cc1NCc1ccc(Cl)s1. The van der Waals surface area contributed by atoms with Crippen LogP contribution in [0, 0.1) is 5.41 Å². The number of thiophene rings is 1. The molecular weight excluding hydrogens is 502 g/mol. The van der Waals surface area contributed by atoms with Crippen molar-refractivity contribution in [3.63, 3.8) is 0 Å². The van der Waals surface area contributed by atoms with E-state index in [9.17, 15) is 9.59 Å². The summed E-state index contributed by atoms with van der Waals surface area (Å²) >= 11 is 7.53. The summed E-state index contributed by atoms with van der Waals surface area (Å²) < 4.78 is 14.4. The minimum atomic E-state index is -0.810. The number of carbonyl (C=O) groups excluding carboxylic acids is 1. The molecule has 4 heterocycles. The fourth-order valence-electron chi connectivity index (χ4n) is 4.11. The Kier molecular flexibility index (Phi) is 8.63. The number of ether oxygens (including phenoxy) is 2. The molecule has 0 aromatic carbocycles. The third-order valence-corrected chi connectivity index (χ3v) is 7.35. The molecule has 0 aliphatic carbocycles. The molecule has 4 rings (SSSR count). The van der Waals surface area contributed by atoms with Gasteiger partial charge >= 0.3 is 0 Å². The number of hydrogen-bond donors (Lipinski definition) is 1. The van der Waals surface area contributed by atoms with Crippen molar-refractivity contribution in [1.29, 1.82) is 0 Å². The van der Waals surface area contributed by atoms with Crippen LogP contribution in [0.3, 0.4) is 0 Å². The predicted molar refractivity (Wildman–Crippen MR) is 142 cm³/mol. The number of carbonyl (C=O) groups is 1. The Hall–Kier alpha value is -2.50. The first kappa shape index (κ1) is 26.6. The Morgan fingerprint density at radius 1 is 1.25 bits per heavy atom. The second kappa shape index (κ2) is 11.7. The summed E-state index contributed by atoms with van der Waals surface area (Å²) in [5.41, 5.74) is -0.0714. The molecule has 1 aliphatic heterocycles. The summed E-state index contributed by atoms with van der Waals surface area (Å²) in [5.74, 6) is 0.276. The first-order chi connectivity index (χ1) is 17.3. The number of morpholine rings is 1. The average Bonchev–Trinajstić information content (AvgIpc) is 3.48. The van der Waals surface area contributed by atoms with Gasteiger partial charge in [-0.25, -0.2) is 0 Å². The van der Waals surface area contributed by atoms with Crippen LogP contribution in [0.5, 0.6) is 0 Å². The number of aromatic nitrogens is 3. The second-order valence-electron chi connectivity index (χ2n) is 9.38. The molecule has 3 aromatic rings. The highest BCUT2D eigenvalue weighted by Gasteiger charge is 2.32. The van der Waals surface area contributed by atoms with Crippen molar-refractivity contribution in [2.75, 3.05) is 51.9 Å². The van der Waals surface area contributed by atoms with E-state index >= 15 is 0 Å². The van der Waals surface area contributed by atoms with Gasteiger partial charge in [-0.05, 0) is 38.1 Å². The predicted octanol–water partition coefficient (Wildman–Crippen LogP) is 3.68. The number of nitrogens with one attached hydrogen (secondary N) is 1. The van der Waals surface area contributed by atoms with Crippen molar-refractivity contribution in [3.8, 4) is 11.3 Å². The molecule has 1 saturated heterocycles. The number of rotatable bonds is 10. The van der Waals surface area contributed by atoms with Gasteiger partial charge in [0.25, 0.3) is 11.5 Å². The number of methoxy groups -OCH3 is 1. The molecule has 0 radical (unpaired) electrons. The standard InChI is InChI=1S/C25H32ClN5O4S/c1-25(2,17-34-3)24(33)31-22(27-16-18-6-7-21(26)36-18)15-20(28-31)19-5-4-8-30(23(19)32)10-9-29-11-13-35-14-12-29/h4-8,15,27H,9-14,16-17H2,1-3H3. The molecule has 9 nitrogen and oxygen atoms in total. The lowest BCUT2D eigenvalue weighted by atomic mass is 9.94. The van der Waals surface area contributed by atoms with E-state index < -0.39 is 5.41 Å². The van der Waals surface area contributed by atoms with Crippen molar-refractivity contribution >= 4 is 34.7 Å². The van der Waals surface area contributed by atoms with Crippen LogP contribution < -0.4 is 10.9 Å². The largest absolute Gasteiger partial charge is 0.384 e. The van der Waals surface area contributed by atoms with Crippen LogP contribution in [-0.2, 0) is 22.6 Å². The summed E-state index contributed by atoms with van der Waals surface area (Å²) in [5, 5.41) is 7.88. The number of halogens is 1. The topological polar surface area (TPSA) is 90.6 Å². The molecule has 1 fully saturated rings. The van der Waals surface area contributed by atoms with E-state index in [1.54, 1.807) is 30.0 Å². The van der Waals surface area contributed by atoms with Crippen LogP contribution in [0.1, 0.15) is 23.5 Å². The quantitative estimate of drug-likeness (QED) is 0.425. The lowest BCUT2D eigenvalue weighted by molar-refractivity contribution is 0.0363. The highest BCUT2D eigenvalue weighted by Crippen LogP contribution is 2.27. The molecule has 1 aliphatic rings. The van der Waals surface area contributed by atoms with Crippen LogP contribution >= 0.6 is 22.9 Å². The van der Waals surface area contributed by atoms with Crippen molar-refractivity contribution in [3.05, 3.63) is 56.1 Å². The van der Waals surface area contributed by atoms with E-state index in [0.29, 0.717) is 47.7 Å². The third-order valence-electron chi connectivity index (χ3n) is 6.12. The van der Waals surface area contributed by atoms with E-state index in [-0.39, 0.29) is 18.1 Å². The van der Waals surface area contributed by atoms with Gasteiger partial charge in [-0.3, -0.25) is 14.5 Å². The molecule has 3 aromatic heterocycles. The molecule has 0 amide bonds. The Bertz CT molecular complexity index is 1250. The van der Waals surface area contributed by atoms with Gasteiger partial charge in [0.1, 0.15) is 11.5 Å². The molecule has 0 bridgehead atoms. The van der Waals surface area contributed by atoms with Gasteiger partial charge in [-0.1, -0.05) is 11.6 Å². The van der Waals surface area contributed by atoms with Crippen LogP contribution in [-0.4, -0.2) is 71.7 Å². The zero-order valence-electron chi connectivity index (χ0n) is 20.8. The first-order valence-corrected chi connectivity index (χ1v) is 13.1. The van der Waals surface area contributed by atoms with Gasteiger partial charge in [0.05, 0.1) is 41.7 Å². The van der Waals surface area contributed by atoms with E-state index in [2.05, 4.69) is 15.3 Å². The van der Waals surface area contributed by atoms with Crippen LogP contribution in [0.15, 0.2) is 41.3 Å². The maximum absolute atomic E-state index is 13.4. The summed E-state index contributed by atoms with van der Waals surface area (Å²) in [7, 11) is 1.56. The Morgan fingerprint density at radius 3 is 2.72 bits per heavy atom. The number of pyridine rings is 1. The van der Waals surface area contributed by atoms with Gasteiger partial charge in [0.2, 0.25) is 0 Å². The molecular formula is C25H32ClN5O4S. The Balaban J connectivity index is 1.62. The fraction of sp³-hybridized carbons (Fsp3) is 0.480. The molecule has 36 heavy (non-hydrogen) atoms. The summed E-state index contributed by atoms with van der Waals surface area (Å²) in [6, 6.07) is 9.10. The van der Waals surface area contributed by atoms with Crippen molar-refractivity contribution in [1.82, 2.24) is 19.2 Å². The van der Waals surface area contributed by atoms with Crippen molar-refractivity contribution in [2.24, 2.45) is 5.41 Å². The fourth-order valence-corrected chi connectivity index (χ4v) is 5.14. The van der Waals surface area contributed by atoms with Crippen LogP contribution in [0.2, 0.25) is 4.34 Å². The van der Waals surface area contributed by atoms with Gasteiger partial charge in [0, 0.05) is 50.4 Å². The monoisotopic (exact) mass is 533 g/mol. The molecule has 11 heteroatoms. The zero-order valence-corrected chi connectivity index (χ0v) is 22.4. The third kappa shape index (κ3) is 6.24. The smallest absolute Gasteiger partial charge is 0.260 e. The normalized spacial score (nSPS) is 14.8. The average molecular weight is 534 g/mol. The number of nitrogens with zero attached hydrogens (tertiary/aromatic N) is 4. The second-order valence-corrected chi connectivity index (χ2v) is 11.2. The molecule has 1 N–H and O–H groups in total. The molecule has 0 spiro atoms. The van der Waals surface area contributed by atoms with Crippen molar-refractivity contribution < 1.29 is 14.3 Å². The van der Waals surface area contributed by atoms with Gasteiger partial charge < -0.3 is 19.4 Å². The minimum Gasteiger partial charge on any atom is -0.384 e. The Morgan fingerprint density at radius 2 is 2.03 bits per heavy atom. The van der Waals surface area contributed by atoms with Crippen LogP contribution in [0.4, 0.5) is 5.82 Å². The van der Waals surface area contributed by atoms with Gasteiger partial charge in [-0.15, -0.1) is 11.3 Å². The minimum absolute atomic E-state index is 0.143. The number of hydrogen-bond acceptors (Lipinski definition) is 8. The maximum atomic E-state index is 13.4. The molecule has 0 unspecified atom stereocenters. The summed E-state index contributed by atoms with van der Waals surface area (Å²) in [6.45, 7) is 8.82. The van der Waals surface area contributed by atoms with E-state index in [4.69, 9.17) is 21.1 Å². The zero-order chi connectivity index (χ0) is 25.7. The van der Waals surface area contributed by atoms with Crippen LogP contribution in [0.25, 0.3) is 11.3 Å². The molecule has 0 atom stereocenters. The molecule has 194 valence electrons. The summed E-state index contributed by atoms with van der Waals surface area (Å²) in [4.78, 5) is 30.1. The highest BCUT2D eigenvalue weighted by atomic mass is 35.5. The number of anilines is 1. The highest BCUT2D eigenvalue weighted by molar-refractivity contribution is 7.16. The summed E-state index contributed by atoms with van der Waals surface area (Å²) in [6.07, 6.45) is 1.79. The van der Waals surface area contributed by atoms with E-state index in [0.717, 1.165) is 24.5 Å². The van der Waals surface area contributed by atoms with Gasteiger partial charge in [-0.2, -0.15) is 9.78 Å². The van der Waals surface area contributed by atoms with Gasteiger partial charge in [0.15, 0.2) is 0 Å². The maximum Gasteiger partial charge on any atom is 0.260 e. The van der Waals surface area contributed by atoms with Crippen molar-refractivity contribution in [2.45, 2.75) is 26.9 Å². The first-order valence-electron chi connectivity index (χ1n) is 11.9. The lowest BCUT2D eigenvalue weighted by Gasteiger charge is -2.26. The van der Waals surface area contributed by atoms with E-state index in [1.165, 1.54) is 16.0 Å². The lowest BCUT2D eigenvalue weighted by Crippen LogP contribution is -2.39.